The van der Waals surface area contributed by atoms with Gasteiger partial charge in [-0.2, -0.15) is 0 Å². The highest BCUT2D eigenvalue weighted by Gasteiger charge is 2.11. The van der Waals surface area contributed by atoms with Gasteiger partial charge in [-0.3, -0.25) is 14.8 Å². The third kappa shape index (κ3) is 8.19. The lowest BCUT2D eigenvalue weighted by Crippen LogP contribution is -2.29. The Morgan fingerprint density at radius 1 is 1.25 bits per heavy atom. The third-order valence-corrected chi connectivity index (χ3v) is 2.17. The Balaban J connectivity index is 3.51. The Morgan fingerprint density at radius 3 is 2.50 bits per heavy atom. The summed E-state index contributed by atoms with van der Waals surface area (Å²) in [6.07, 6.45) is 2.67. The lowest BCUT2D eigenvalue weighted by Gasteiger charge is -2.14. The van der Waals surface area contributed by atoms with Gasteiger partial charge in [0.1, 0.15) is 0 Å². The van der Waals surface area contributed by atoms with Crippen molar-refractivity contribution in [2.75, 3.05) is 20.1 Å². The van der Waals surface area contributed by atoms with E-state index < -0.39 is 11.8 Å². The monoisotopic (exact) mass is 231 g/mol. The fourth-order valence-corrected chi connectivity index (χ4v) is 1.22. The second-order valence-electron chi connectivity index (χ2n) is 3.65. The van der Waals surface area contributed by atoms with Crippen molar-refractivity contribution in [1.82, 2.24) is 10.4 Å². The van der Waals surface area contributed by atoms with Crippen molar-refractivity contribution in [1.29, 1.82) is 0 Å². The van der Waals surface area contributed by atoms with Crippen LogP contribution < -0.4 is 11.1 Å². The normalized spacial score (nSPS) is 10.1. The second kappa shape index (κ2) is 9.11. The lowest BCUT2D eigenvalue weighted by atomic mass is 10.2. The molecule has 0 fully saturated rings. The molecule has 0 heterocycles. The molecule has 0 aliphatic heterocycles. The molecule has 0 bridgehead atoms. The molecule has 0 rings (SSSR count). The van der Waals surface area contributed by atoms with Crippen molar-refractivity contribution >= 4 is 11.8 Å². The number of hydroxylamine groups is 2. The molecule has 0 spiro atoms. The van der Waals surface area contributed by atoms with Gasteiger partial charge >= 0.3 is 0 Å². The molecule has 0 aliphatic rings. The minimum Gasteiger partial charge on any atom is -0.370 e. The van der Waals surface area contributed by atoms with Crippen molar-refractivity contribution in [3.05, 3.63) is 0 Å². The first-order chi connectivity index (χ1) is 7.57. The third-order valence-electron chi connectivity index (χ3n) is 2.17. The topological polar surface area (TPSA) is 95.7 Å². The molecule has 6 heteroatoms. The van der Waals surface area contributed by atoms with Crippen LogP contribution in [0.3, 0.4) is 0 Å². The fraction of sp³-hybridized carbons (Fsp3) is 0.800. The summed E-state index contributed by atoms with van der Waals surface area (Å²) < 4.78 is 0. The highest BCUT2D eigenvalue weighted by Crippen LogP contribution is 2.00. The zero-order chi connectivity index (χ0) is 12.4. The Kier molecular flexibility index (Phi) is 8.46. The van der Waals surface area contributed by atoms with Crippen LogP contribution in [0.5, 0.6) is 0 Å². The van der Waals surface area contributed by atoms with Crippen LogP contribution in [-0.2, 0) is 9.59 Å². The molecule has 0 unspecified atom stereocenters. The summed E-state index contributed by atoms with van der Waals surface area (Å²) in [6.45, 7) is 1.24. The maximum atomic E-state index is 11.2. The number of carbonyl (C=O) groups excluding carboxylic acids is 2. The second-order valence-corrected chi connectivity index (χ2v) is 3.65. The number of unbranched alkanes of at least 4 members (excludes halogenated alkanes) is 2. The number of amides is 2. The molecular weight excluding hydrogens is 210 g/mol. The number of nitrogens with zero attached hydrogens (tertiary/aromatic N) is 1. The first-order valence-electron chi connectivity index (χ1n) is 5.50. The Labute approximate surface area is 95.7 Å². The number of primary amides is 1. The van der Waals surface area contributed by atoms with Crippen molar-refractivity contribution in [3.8, 4) is 0 Å². The van der Waals surface area contributed by atoms with Crippen LogP contribution in [-0.4, -0.2) is 42.2 Å². The van der Waals surface area contributed by atoms with E-state index in [1.54, 1.807) is 0 Å². The summed E-state index contributed by atoms with van der Waals surface area (Å²) in [7, 11) is 1.88. The van der Waals surface area contributed by atoms with Gasteiger partial charge in [-0.1, -0.05) is 6.42 Å². The van der Waals surface area contributed by atoms with Gasteiger partial charge in [0.05, 0.1) is 0 Å². The van der Waals surface area contributed by atoms with Gasteiger partial charge in [0, 0.05) is 19.4 Å². The number of hydrogen-bond donors (Lipinski definition) is 3. The van der Waals surface area contributed by atoms with Crippen LogP contribution in [0.4, 0.5) is 0 Å². The molecular formula is C10H21N3O3. The standard InChI is InChI=1S/C10H21N3O3/c1-12-7-3-2-4-8-13(16)10(15)6-5-9(11)14/h12,16H,2-8H2,1H3,(H2,11,14). The molecule has 0 atom stereocenters. The molecule has 0 aromatic carbocycles. The number of nitrogens with two attached hydrogens (primary N) is 1. The van der Waals surface area contributed by atoms with Crippen LogP contribution in [0.1, 0.15) is 32.1 Å². The maximum Gasteiger partial charge on any atom is 0.246 e. The molecule has 94 valence electrons. The van der Waals surface area contributed by atoms with E-state index in [1.807, 2.05) is 7.05 Å². The molecule has 0 saturated carbocycles. The molecule has 16 heavy (non-hydrogen) atoms. The van der Waals surface area contributed by atoms with Crippen molar-refractivity contribution in [2.24, 2.45) is 5.73 Å². The fourth-order valence-electron chi connectivity index (χ4n) is 1.22. The molecule has 0 aromatic heterocycles. The van der Waals surface area contributed by atoms with Crippen LogP contribution >= 0.6 is 0 Å². The molecule has 0 radical (unpaired) electrons. The molecule has 2 amide bonds. The van der Waals surface area contributed by atoms with Crippen LogP contribution in [0.25, 0.3) is 0 Å². The quantitative estimate of drug-likeness (QED) is 0.292. The molecule has 0 saturated heterocycles. The first kappa shape index (κ1) is 14.9. The van der Waals surface area contributed by atoms with E-state index >= 15 is 0 Å². The van der Waals surface area contributed by atoms with E-state index in [2.05, 4.69) is 5.32 Å². The van der Waals surface area contributed by atoms with E-state index in [1.165, 1.54) is 0 Å². The minimum atomic E-state index is -0.532. The van der Waals surface area contributed by atoms with Crippen LogP contribution in [0, 0.1) is 0 Å². The number of nitrogens with one attached hydrogen (secondary N) is 1. The predicted molar refractivity (Wildman–Crippen MR) is 59.7 cm³/mol. The maximum absolute atomic E-state index is 11.2. The summed E-state index contributed by atoms with van der Waals surface area (Å²) >= 11 is 0. The largest absolute Gasteiger partial charge is 0.370 e. The van der Waals surface area contributed by atoms with Gasteiger partial charge in [-0.05, 0) is 26.4 Å². The van der Waals surface area contributed by atoms with Gasteiger partial charge in [0.15, 0.2) is 0 Å². The Hall–Kier alpha value is -1.14. The van der Waals surface area contributed by atoms with Crippen molar-refractivity contribution < 1.29 is 14.8 Å². The molecule has 0 aromatic rings. The summed E-state index contributed by atoms with van der Waals surface area (Å²) in [4.78, 5) is 21.6. The molecule has 4 N–H and O–H groups in total. The van der Waals surface area contributed by atoms with Gasteiger partial charge in [0.25, 0.3) is 0 Å². The Morgan fingerprint density at radius 2 is 1.94 bits per heavy atom. The first-order valence-corrected chi connectivity index (χ1v) is 5.50. The Bertz CT molecular complexity index is 221. The number of hydrogen-bond acceptors (Lipinski definition) is 4. The average Bonchev–Trinajstić information content (AvgIpc) is 2.25. The summed E-state index contributed by atoms with van der Waals surface area (Å²) in [5.74, 6) is -0.983. The van der Waals surface area contributed by atoms with Gasteiger partial charge < -0.3 is 11.1 Å². The lowest BCUT2D eigenvalue weighted by molar-refractivity contribution is -0.166. The van der Waals surface area contributed by atoms with E-state index in [4.69, 9.17) is 5.73 Å². The highest BCUT2D eigenvalue weighted by atomic mass is 16.5. The van der Waals surface area contributed by atoms with Crippen LogP contribution in [0.2, 0.25) is 0 Å². The summed E-state index contributed by atoms with van der Waals surface area (Å²) in [5.41, 5.74) is 4.90. The van der Waals surface area contributed by atoms with E-state index in [0.717, 1.165) is 25.8 Å². The predicted octanol–water partition coefficient (Wildman–Crippen LogP) is -0.141. The van der Waals surface area contributed by atoms with Crippen LogP contribution in [0.15, 0.2) is 0 Å². The van der Waals surface area contributed by atoms with E-state index in [-0.39, 0.29) is 12.8 Å². The zero-order valence-corrected chi connectivity index (χ0v) is 9.74. The number of carbonyl (C=O) groups is 2. The zero-order valence-electron chi connectivity index (χ0n) is 9.74. The minimum absolute atomic E-state index is 0.0182. The molecule has 0 aliphatic carbocycles. The highest BCUT2D eigenvalue weighted by molar-refractivity contribution is 5.82. The van der Waals surface area contributed by atoms with Gasteiger partial charge in [-0.15, -0.1) is 0 Å². The van der Waals surface area contributed by atoms with Crippen molar-refractivity contribution in [3.63, 3.8) is 0 Å². The smallest absolute Gasteiger partial charge is 0.246 e. The number of rotatable bonds is 9. The van der Waals surface area contributed by atoms with Gasteiger partial charge in [0.2, 0.25) is 11.8 Å². The summed E-state index contributed by atoms with van der Waals surface area (Å²) in [6, 6.07) is 0. The van der Waals surface area contributed by atoms with E-state index in [9.17, 15) is 14.8 Å². The van der Waals surface area contributed by atoms with Gasteiger partial charge in [-0.25, -0.2) is 5.06 Å². The summed E-state index contributed by atoms with van der Waals surface area (Å²) in [5, 5.41) is 13.0. The molecule has 6 nitrogen and oxygen atoms in total. The van der Waals surface area contributed by atoms with E-state index in [0.29, 0.717) is 11.6 Å². The average molecular weight is 231 g/mol. The SMILES string of the molecule is CNCCCCCN(O)C(=O)CCC(N)=O. The van der Waals surface area contributed by atoms with Crippen molar-refractivity contribution in [2.45, 2.75) is 32.1 Å².